The first-order valence-electron chi connectivity index (χ1n) is 2.55. The number of hydrogen-bond acceptors (Lipinski definition) is 2. The van der Waals surface area contributed by atoms with Gasteiger partial charge < -0.3 is 0 Å². The number of hydrogen-bond donors (Lipinski definition) is 1. The molecule has 0 N–H and O–H groups in total. The third-order valence-corrected chi connectivity index (χ3v) is 1.23. The summed E-state index contributed by atoms with van der Waals surface area (Å²) in [6.07, 6.45) is 1.58. The molecule has 1 aromatic rings. The van der Waals surface area contributed by atoms with Crippen molar-refractivity contribution in [2.75, 3.05) is 0 Å². The second-order valence-corrected chi connectivity index (χ2v) is 2.17. The lowest BCUT2D eigenvalue weighted by atomic mass is 10.4. The molecule has 0 aliphatic heterocycles. The molecule has 0 unspecified atom stereocenters. The Bertz CT molecular complexity index is 202. The first-order chi connectivity index (χ1) is 4.33. The van der Waals surface area contributed by atoms with Gasteiger partial charge in [0.15, 0.2) is 0 Å². The summed E-state index contributed by atoms with van der Waals surface area (Å²) < 4.78 is 0. The Morgan fingerprint density at radius 2 is 2.44 bits per heavy atom. The fraction of sp³-hybridized carbons (Fsp3) is 0.167. The van der Waals surface area contributed by atoms with E-state index in [1.54, 1.807) is 18.3 Å². The fourth-order valence-corrected chi connectivity index (χ4v) is 0.760. The van der Waals surface area contributed by atoms with E-state index in [4.69, 9.17) is 0 Å². The Labute approximate surface area is 59.0 Å². The predicted molar refractivity (Wildman–Crippen MR) is 35.9 cm³/mol. The second kappa shape index (κ2) is 2.85. The van der Waals surface area contributed by atoms with E-state index in [1.165, 1.54) is 0 Å². The average Bonchev–Trinajstić information content (AvgIpc) is 1.88. The molecule has 2 nitrogen and oxygen atoms in total. The van der Waals surface area contributed by atoms with Gasteiger partial charge in [0.25, 0.3) is 0 Å². The van der Waals surface area contributed by atoms with Gasteiger partial charge in [-0.25, -0.2) is 5.11 Å². The molecule has 0 fully saturated rings. The number of nitrogens with zero attached hydrogens (tertiary/aromatic N) is 1. The molecular weight excluding hydrogens is 134 g/mol. The SMILES string of the molecule is [O]Cc1cc(S)ccn1. The molecule has 3 heteroatoms. The summed E-state index contributed by atoms with van der Waals surface area (Å²) in [7, 11) is 0. The topological polar surface area (TPSA) is 32.8 Å². The minimum absolute atomic E-state index is 0.269. The van der Waals surface area contributed by atoms with Crippen molar-refractivity contribution in [1.29, 1.82) is 0 Å². The monoisotopic (exact) mass is 140 g/mol. The normalized spacial score (nSPS) is 9.56. The number of thiol groups is 1. The Morgan fingerprint density at radius 3 is 2.89 bits per heavy atom. The van der Waals surface area contributed by atoms with Crippen LogP contribution in [0.4, 0.5) is 0 Å². The molecule has 0 spiro atoms. The van der Waals surface area contributed by atoms with Crippen LogP contribution >= 0.6 is 12.6 Å². The van der Waals surface area contributed by atoms with Gasteiger partial charge in [-0.2, -0.15) is 0 Å². The highest BCUT2D eigenvalue weighted by atomic mass is 32.1. The molecule has 0 aromatic carbocycles. The lowest BCUT2D eigenvalue weighted by Gasteiger charge is -1.92. The molecule has 0 aliphatic carbocycles. The van der Waals surface area contributed by atoms with Crippen LogP contribution in [0.15, 0.2) is 23.2 Å². The van der Waals surface area contributed by atoms with Gasteiger partial charge in [0.2, 0.25) is 0 Å². The molecule has 0 atom stereocenters. The van der Waals surface area contributed by atoms with Crippen molar-refractivity contribution in [3.05, 3.63) is 24.0 Å². The van der Waals surface area contributed by atoms with Gasteiger partial charge in [-0.1, -0.05) is 0 Å². The maximum atomic E-state index is 10.2. The van der Waals surface area contributed by atoms with Crippen LogP contribution in [-0.4, -0.2) is 4.98 Å². The molecule has 9 heavy (non-hydrogen) atoms. The van der Waals surface area contributed by atoms with Crippen molar-refractivity contribution in [3.63, 3.8) is 0 Å². The molecular formula is C6H6NOS. The quantitative estimate of drug-likeness (QED) is 0.586. The van der Waals surface area contributed by atoms with Gasteiger partial charge in [0, 0.05) is 11.1 Å². The maximum Gasteiger partial charge on any atom is 0.124 e. The molecule has 1 heterocycles. The van der Waals surface area contributed by atoms with Crippen molar-refractivity contribution in [1.82, 2.24) is 4.98 Å². The zero-order valence-electron chi connectivity index (χ0n) is 4.74. The van der Waals surface area contributed by atoms with Gasteiger partial charge in [-0.15, -0.1) is 12.6 Å². The molecule has 1 radical (unpaired) electrons. The third-order valence-electron chi connectivity index (χ3n) is 0.948. The summed E-state index contributed by atoms with van der Waals surface area (Å²) in [4.78, 5) is 4.58. The van der Waals surface area contributed by atoms with Crippen LogP contribution < -0.4 is 0 Å². The first-order valence-corrected chi connectivity index (χ1v) is 2.99. The summed E-state index contributed by atoms with van der Waals surface area (Å²) >= 11 is 4.03. The van der Waals surface area contributed by atoms with Gasteiger partial charge >= 0.3 is 0 Å². The molecule has 0 aliphatic rings. The molecule has 47 valence electrons. The third kappa shape index (κ3) is 1.69. The Balaban J connectivity index is 2.94. The predicted octanol–water partition coefficient (Wildman–Crippen LogP) is 1.30. The van der Waals surface area contributed by atoms with E-state index in [1.807, 2.05) is 0 Å². The van der Waals surface area contributed by atoms with E-state index < -0.39 is 0 Å². The van der Waals surface area contributed by atoms with Gasteiger partial charge in [-0.3, -0.25) is 4.98 Å². The summed E-state index contributed by atoms with van der Waals surface area (Å²) in [5, 5.41) is 10.2. The summed E-state index contributed by atoms with van der Waals surface area (Å²) in [6, 6.07) is 3.40. The van der Waals surface area contributed by atoms with Crippen LogP contribution in [0, 0.1) is 0 Å². The Kier molecular flexibility index (Phi) is 2.08. The van der Waals surface area contributed by atoms with E-state index >= 15 is 0 Å². The van der Waals surface area contributed by atoms with Gasteiger partial charge in [0.1, 0.15) is 6.61 Å². The average molecular weight is 140 g/mol. The zero-order valence-corrected chi connectivity index (χ0v) is 5.64. The van der Waals surface area contributed by atoms with Crippen LogP contribution in [0.25, 0.3) is 0 Å². The lowest BCUT2D eigenvalue weighted by Crippen LogP contribution is -1.84. The highest BCUT2D eigenvalue weighted by Gasteiger charge is 1.90. The highest BCUT2D eigenvalue weighted by Crippen LogP contribution is 2.04. The van der Waals surface area contributed by atoms with Crippen LogP contribution in [-0.2, 0) is 11.7 Å². The van der Waals surface area contributed by atoms with Crippen LogP contribution in [0.3, 0.4) is 0 Å². The standard InChI is InChI=1S/C6H6NOS/c8-4-5-3-6(9)1-2-7-5/h1-3H,4H2,(H,7,9). The van der Waals surface area contributed by atoms with Crippen molar-refractivity contribution in [3.8, 4) is 0 Å². The van der Waals surface area contributed by atoms with E-state index in [0.717, 1.165) is 4.90 Å². The summed E-state index contributed by atoms with van der Waals surface area (Å²) in [5.74, 6) is 0. The van der Waals surface area contributed by atoms with E-state index in [2.05, 4.69) is 17.6 Å². The lowest BCUT2D eigenvalue weighted by molar-refractivity contribution is 0.173. The van der Waals surface area contributed by atoms with Crippen LogP contribution in [0.1, 0.15) is 5.69 Å². The molecule has 0 amide bonds. The summed E-state index contributed by atoms with van der Waals surface area (Å²) in [5.41, 5.74) is 0.544. The zero-order chi connectivity index (χ0) is 6.69. The Morgan fingerprint density at radius 1 is 1.67 bits per heavy atom. The smallest absolute Gasteiger partial charge is 0.124 e. The van der Waals surface area contributed by atoms with Gasteiger partial charge in [0.05, 0.1) is 5.69 Å². The fourth-order valence-electron chi connectivity index (χ4n) is 0.544. The van der Waals surface area contributed by atoms with E-state index in [0.29, 0.717) is 5.69 Å². The second-order valence-electron chi connectivity index (χ2n) is 1.65. The van der Waals surface area contributed by atoms with Crippen molar-refractivity contribution in [2.24, 2.45) is 0 Å². The van der Waals surface area contributed by atoms with E-state index in [-0.39, 0.29) is 6.61 Å². The minimum Gasteiger partial charge on any atom is -0.259 e. The number of aromatic nitrogens is 1. The van der Waals surface area contributed by atoms with Crippen molar-refractivity contribution >= 4 is 12.6 Å². The molecule has 0 saturated heterocycles. The highest BCUT2D eigenvalue weighted by molar-refractivity contribution is 7.80. The molecule has 0 saturated carbocycles. The number of pyridine rings is 1. The largest absolute Gasteiger partial charge is 0.259 e. The summed E-state index contributed by atoms with van der Waals surface area (Å²) in [6.45, 7) is -0.269. The van der Waals surface area contributed by atoms with Gasteiger partial charge in [-0.05, 0) is 12.1 Å². The minimum atomic E-state index is -0.269. The van der Waals surface area contributed by atoms with Crippen molar-refractivity contribution < 1.29 is 5.11 Å². The molecule has 1 rings (SSSR count). The number of rotatable bonds is 1. The first kappa shape index (κ1) is 6.58. The Hall–Kier alpha value is -0.540. The van der Waals surface area contributed by atoms with Crippen molar-refractivity contribution in [2.45, 2.75) is 11.5 Å². The maximum absolute atomic E-state index is 10.2. The van der Waals surface area contributed by atoms with E-state index in [9.17, 15) is 5.11 Å². The molecule has 1 aromatic heterocycles. The van der Waals surface area contributed by atoms with Crippen LogP contribution in [0.5, 0.6) is 0 Å². The van der Waals surface area contributed by atoms with Crippen LogP contribution in [0.2, 0.25) is 0 Å². The molecule has 0 bridgehead atoms.